The number of aromatic nitrogens is 1. The van der Waals surface area contributed by atoms with Gasteiger partial charge in [0.05, 0.1) is 0 Å². The van der Waals surface area contributed by atoms with Gasteiger partial charge in [-0.25, -0.2) is 0 Å². The van der Waals surface area contributed by atoms with E-state index in [-0.39, 0.29) is 5.41 Å². The maximum absolute atomic E-state index is 6.01. The van der Waals surface area contributed by atoms with E-state index in [9.17, 15) is 0 Å². The molecule has 2 aliphatic carbocycles. The largest absolute Gasteiger partial charge is 0.362 e. The van der Waals surface area contributed by atoms with E-state index in [1.165, 1.54) is 43.5 Å². The van der Waals surface area contributed by atoms with Crippen molar-refractivity contribution in [3.05, 3.63) is 23.0 Å². The van der Waals surface area contributed by atoms with Gasteiger partial charge in [-0.05, 0) is 49.1 Å². The first-order chi connectivity index (χ1) is 7.59. The van der Waals surface area contributed by atoms with Crippen LogP contribution in [0.4, 0.5) is 0 Å². The number of rotatable bonds is 2. The fraction of sp³-hybridized carbons (Fsp3) is 0.714. The lowest BCUT2D eigenvalue weighted by Crippen LogP contribution is -2.25. The number of fused-ring (bicyclic) bond motifs is 1. The zero-order chi connectivity index (χ0) is 11.4. The second-order valence-electron chi connectivity index (χ2n) is 6.24. The van der Waals surface area contributed by atoms with Crippen LogP contribution in [0.2, 0.25) is 0 Å². The molecule has 1 fully saturated rings. The highest BCUT2D eigenvalue weighted by Gasteiger charge is 2.61. The van der Waals surface area contributed by atoms with Gasteiger partial charge in [0.1, 0.15) is 0 Å². The molecular formula is C14H22N2. The molecule has 2 heteroatoms. The van der Waals surface area contributed by atoms with E-state index < -0.39 is 0 Å². The van der Waals surface area contributed by atoms with Crippen LogP contribution >= 0.6 is 0 Å². The molecule has 3 rings (SSSR count). The van der Waals surface area contributed by atoms with E-state index in [0.29, 0.717) is 5.41 Å². The maximum atomic E-state index is 6.01. The Labute approximate surface area is 97.6 Å². The van der Waals surface area contributed by atoms with Crippen molar-refractivity contribution in [2.45, 2.75) is 51.4 Å². The summed E-state index contributed by atoms with van der Waals surface area (Å²) >= 11 is 0. The zero-order valence-corrected chi connectivity index (χ0v) is 10.4. The van der Waals surface area contributed by atoms with Gasteiger partial charge in [-0.2, -0.15) is 0 Å². The predicted molar refractivity (Wildman–Crippen MR) is 66.6 cm³/mol. The minimum atomic E-state index is 0.240. The van der Waals surface area contributed by atoms with Crippen LogP contribution in [0, 0.1) is 5.41 Å². The van der Waals surface area contributed by atoms with Gasteiger partial charge in [0.25, 0.3) is 0 Å². The number of H-pyrrole nitrogens is 1. The molecule has 1 unspecified atom stereocenters. The van der Waals surface area contributed by atoms with E-state index >= 15 is 0 Å². The number of nitrogens with one attached hydrogen (secondary N) is 1. The highest BCUT2D eigenvalue weighted by Crippen LogP contribution is 2.63. The third kappa shape index (κ3) is 1.22. The van der Waals surface area contributed by atoms with Crippen LogP contribution < -0.4 is 5.73 Å². The highest BCUT2D eigenvalue weighted by molar-refractivity contribution is 5.39. The average Bonchev–Trinajstić information content (AvgIpc) is 2.67. The standard InChI is InChI=1S/C14H22N2/c1-13(2)8-14(13,9-15)12-7-10-5-3-4-6-11(10)16-12/h7,16H,3-6,8-9,15H2,1-2H3. The second kappa shape index (κ2) is 3.13. The van der Waals surface area contributed by atoms with Gasteiger partial charge in [-0.15, -0.1) is 0 Å². The molecule has 1 atom stereocenters. The van der Waals surface area contributed by atoms with Crippen LogP contribution in [-0.4, -0.2) is 11.5 Å². The van der Waals surface area contributed by atoms with Gasteiger partial charge in [-0.1, -0.05) is 13.8 Å². The molecule has 2 nitrogen and oxygen atoms in total. The quantitative estimate of drug-likeness (QED) is 0.787. The highest BCUT2D eigenvalue weighted by atomic mass is 14.9. The Balaban J connectivity index is 1.98. The van der Waals surface area contributed by atoms with Crippen molar-refractivity contribution < 1.29 is 0 Å². The van der Waals surface area contributed by atoms with Crippen molar-refractivity contribution in [2.75, 3.05) is 6.54 Å². The smallest absolute Gasteiger partial charge is 0.0283 e. The van der Waals surface area contributed by atoms with Crippen molar-refractivity contribution in [2.24, 2.45) is 11.1 Å². The molecule has 3 N–H and O–H groups in total. The predicted octanol–water partition coefficient (Wildman–Crippen LogP) is 2.52. The fourth-order valence-corrected chi connectivity index (χ4v) is 3.49. The van der Waals surface area contributed by atoms with E-state index in [1.807, 2.05) is 0 Å². The monoisotopic (exact) mass is 218 g/mol. The van der Waals surface area contributed by atoms with Crippen molar-refractivity contribution >= 4 is 0 Å². The Bertz CT molecular complexity index is 393. The molecule has 0 spiro atoms. The Kier molecular flexibility index (Phi) is 2.03. The summed E-state index contributed by atoms with van der Waals surface area (Å²) in [4.78, 5) is 3.66. The lowest BCUT2D eigenvalue weighted by molar-refractivity contribution is 0.494. The van der Waals surface area contributed by atoms with Crippen molar-refractivity contribution in [3.8, 4) is 0 Å². The first-order valence-electron chi connectivity index (χ1n) is 6.50. The SMILES string of the molecule is CC1(C)CC1(CN)c1cc2c([nH]1)CCCC2. The molecule has 1 aromatic heterocycles. The van der Waals surface area contributed by atoms with Crippen molar-refractivity contribution in [1.82, 2.24) is 4.98 Å². The van der Waals surface area contributed by atoms with Crippen LogP contribution in [0.3, 0.4) is 0 Å². The molecule has 0 aliphatic heterocycles. The van der Waals surface area contributed by atoms with Gasteiger partial charge in [0.2, 0.25) is 0 Å². The van der Waals surface area contributed by atoms with Gasteiger partial charge in [-0.3, -0.25) is 0 Å². The van der Waals surface area contributed by atoms with Crippen molar-refractivity contribution in [3.63, 3.8) is 0 Å². The summed E-state index contributed by atoms with van der Waals surface area (Å²) in [5.41, 5.74) is 11.1. The van der Waals surface area contributed by atoms with Crippen LogP contribution in [0.5, 0.6) is 0 Å². The minimum absolute atomic E-state index is 0.240. The first kappa shape index (κ1) is 10.4. The molecule has 0 bridgehead atoms. The van der Waals surface area contributed by atoms with Gasteiger partial charge < -0.3 is 10.7 Å². The summed E-state index contributed by atoms with van der Waals surface area (Å²) in [6.45, 7) is 5.44. The molecule has 0 aromatic carbocycles. The number of aryl methyl sites for hydroxylation is 2. The summed E-state index contributed by atoms with van der Waals surface area (Å²) < 4.78 is 0. The van der Waals surface area contributed by atoms with E-state index in [0.717, 1.165) is 6.54 Å². The maximum Gasteiger partial charge on any atom is 0.0283 e. The third-order valence-electron chi connectivity index (χ3n) is 4.89. The summed E-state index contributed by atoms with van der Waals surface area (Å²) in [6.07, 6.45) is 6.41. The molecule has 1 heterocycles. The Morgan fingerprint density at radius 3 is 2.56 bits per heavy atom. The summed E-state index contributed by atoms with van der Waals surface area (Å²) in [6, 6.07) is 2.40. The topological polar surface area (TPSA) is 41.8 Å². The van der Waals surface area contributed by atoms with Gasteiger partial charge in [0, 0.05) is 23.3 Å². The van der Waals surface area contributed by atoms with Crippen LogP contribution in [0.25, 0.3) is 0 Å². The average molecular weight is 218 g/mol. The Hall–Kier alpha value is -0.760. The number of nitrogens with two attached hydrogens (primary N) is 1. The number of hydrogen-bond acceptors (Lipinski definition) is 1. The molecule has 2 aliphatic rings. The number of hydrogen-bond donors (Lipinski definition) is 2. The zero-order valence-electron chi connectivity index (χ0n) is 10.4. The second-order valence-corrected chi connectivity index (χ2v) is 6.24. The van der Waals surface area contributed by atoms with E-state index in [4.69, 9.17) is 5.73 Å². The van der Waals surface area contributed by atoms with Gasteiger partial charge in [0.15, 0.2) is 0 Å². The fourth-order valence-electron chi connectivity index (χ4n) is 3.49. The minimum Gasteiger partial charge on any atom is -0.362 e. The Morgan fingerprint density at radius 2 is 2.00 bits per heavy atom. The van der Waals surface area contributed by atoms with Crippen LogP contribution in [0.15, 0.2) is 6.07 Å². The lowest BCUT2D eigenvalue weighted by atomic mass is 9.91. The van der Waals surface area contributed by atoms with Crippen molar-refractivity contribution in [1.29, 1.82) is 0 Å². The summed E-state index contributed by atoms with van der Waals surface area (Å²) in [5, 5.41) is 0. The Morgan fingerprint density at radius 1 is 1.31 bits per heavy atom. The molecule has 88 valence electrons. The van der Waals surface area contributed by atoms with Crippen LogP contribution in [-0.2, 0) is 18.3 Å². The lowest BCUT2D eigenvalue weighted by Gasteiger charge is -2.16. The molecule has 1 saturated carbocycles. The molecule has 0 radical (unpaired) electrons. The summed E-state index contributed by atoms with van der Waals surface area (Å²) in [5.74, 6) is 0. The molecule has 0 amide bonds. The molecule has 0 saturated heterocycles. The molecule has 1 aromatic rings. The first-order valence-corrected chi connectivity index (χ1v) is 6.50. The van der Waals surface area contributed by atoms with E-state index in [2.05, 4.69) is 24.9 Å². The van der Waals surface area contributed by atoms with E-state index in [1.54, 1.807) is 5.56 Å². The third-order valence-corrected chi connectivity index (χ3v) is 4.89. The summed E-state index contributed by atoms with van der Waals surface area (Å²) in [7, 11) is 0. The molecule has 16 heavy (non-hydrogen) atoms. The van der Waals surface area contributed by atoms with Gasteiger partial charge >= 0.3 is 0 Å². The number of aromatic amines is 1. The molecular weight excluding hydrogens is 196 g/mol. The normalized spacial score (nSPS) is 31.2. The van der Waals surface area contributed by atoms with Crippen LogP contribution in [0.1, 0.15) is 50.1 Å².